The molecule has 0 fully saturated rings. The summed E-state index contributed by atoms with van der Waals surface area (Å²) in [4.78, 5) is 23.7. The number of carbonyl (C=O) groups is 2. The fourth-order valence-electron chi connectivity index (χ4n) is 1.25. The van der Waals surface area contributed by atoms with E-state index >= 15 is 0 Å². The molecule has 2 N–H and O–H groups in total. The van der Waals surface area contributed by atoms with E-state index in [1.54, 1.807) is 6.92 Å². The molecule has 0 aliphatic carbocycles. The van der Waals surface area contributed by atoms with Gasteiger partial charge in [-0.05, 0) is 6.92 Å². The maximum Gasteiger partial charge on any atom is 0.278 e. The van der Waals surface area contributed by atoms with E-state index in [4.69, 9.17) is 4.74 Å². The number of likely N-dealkylation sites (N-methyl/N-ethyl adjacent to an activating group) is 1. The molecule has 0 bridgehead atoms. The zero-order valence-electron chi connectivity index (χ0n) is 9.40. The molecule has 6 heteroatoms. The van der Waals surface area contributed by atoms with E-state index in [1.807, 2.05) is 0 Å². The number of aliphatic hydroxyl groups excluding tert-OH is 1. The number of hydrogen-bond acceptors (Lipinski definition) is 4. The van der Waals surface area contributed by atoms with Crippen molar-refractivity contribution in [3.63, 3.8) is 0 Å². The molecule has 0 radical (unpaired) electrons. The number of ether oxygens (including phenoxy) is 1. The molecule has 0 unspecified atom stereocenters. The molecule has 88 valence electrons. The maximum atomic E-state index is 11.6. The van der Waals surface area contributed by atoms with Crippen LogP contribution in [-0.2, 0) is 14.3 Å². The van der Waals surface area contributed by atoms with Crippen molar-refractivity contribution in [1.29, 1.82) is 0 Å². The first kappa shape index (κ1) is 12.1. The van der Waals surface area contributed by atoms with E-state index in [2.05, 4.69) is 5.32 Å². The number of amides is 2. The van der Waals surface area contributed by atoms with Gasteiger partial charge in [0.1, 0.15) is 12.0 Å². The van der Waals surface area contributed by atoms with E-state index in [9.17, 15) is 14.7 Å². The van der Waals surface area contributed by atoms with Crippen molar-refractivity contribution in [2.75, 3.05) is 13.7 Å². The predicted octanol–water partition coefficient (Wildman–Crippen LogP) is 0.242. The Morgan fingerprint density at radius 1 is 1.62 bits per heavy atom. The van der Waals surface area contributed by atoms with Gasteiger partial charge in [-0.15, -0.1) is 0 Å². The topological polar surface area (TPSA) is 78.9 Å². The normalized spacial score (nSPS) is 18.3. The second-order valence-corrected chi connectivity index (χ2v) is 3.23. The van der Waals surface area contributed by atoms with Gasteiger partial charge in [0.2, 0.25) is 5.91 Å². The van der Waals surface area contributed by atoms with Crippen molar-refractivity contribution < 1.29 is 19.4 Å². The highest BCUT2D eigenvalue weighted by atomic mass is 16.5. The lowest BCUT2D eigenvalue weighted by molar-refractivity contribution is -0.126. The zero-order valence-corrected chi connectivity index (χ0v) is 9.40. The summed E-state index contributed by atoms with van der Waals surface area (Å²) in [6, 6.07) is 0. The lowest BCUT2D eigenvalue weighted by Gasteiger charge is -2.10. The molecule has 0 saturated heterocycles. The molecule has 6 nitrogen and oxygen atoms in total. The van der Waals surface area contributed by atoms with E-state index in [0.717, 1.165) is 0 Å². The van der Waals surface area contributed by atoms with Crippen molar-refractivity contribution in [3.8, 4) is 0 Å². The summed E-state index contributed by atoms with van der Waals surface area (Å²) in [7, 11) is 1.48. The monoisotopic (exact) mass is 226 g/mol. The molecular weight excluding hydrogens is 212 g/mol. The second kappa shape index (κ2) is 4.69. The molecule has 2 amide bonds. The summed E-state index contributed by atoms with van der Waals surface area (Å²) in [5.41, 5.74) is 0.108. The Kier molecular flexibility index (Phi) is 3.55. The van der Waals surface area contributed by atoms with Crippen LogP contribution in [0.1, 0.15) is 13.8 Å². The van der Waals surface area contributed by atoms with E-state index in [0.29, 0.717) is 6.61 Å². The molecule has 0 spiro atoms. The van der Waals surface area contributed by atoms with Gasteiger partial charge >= 0.3 is 0 Å². The van der Waals surface area contributed by atoms with Crippen molar-refractivity contribution in [1.82, 2.24) is 10.2 Å². The Hall–Kier alpha value is -1.98. The predicted molar refractivity (Wildman–Crippen MR) is 56.0 cm³/mol. The molecule has 0 aromatic rings. The zero-order chi connectivity index (χ0) is 12.3. The van der Waals surface area contributed by atoms with Crippen molar-refractivity contribution >= 4 is 11.8 Å². The number of rotatable bonds is 3. The molecule has 1 aliphatic rings. The van der Waals surface area contributed by atoms with E-state index in [1.165, 1.54) is 25.1 Å². The summed E-state index contributed by atoms with van der Waals surface area (Å²) in [6.45, 7) is 3.47. The Morgan fingerprint density at radius 3 is 2.75 bits per heavy atom. The number of hydrogen-bond donors (Lipinski definition) is 2. The first-order valence-corrected chi connectivity index (χ1v) is 4.80. The molecule has 0 saturated carbocycles. The van der Waals surface area contributed by atoms with Crippen LogP contribution < -0.4 is 5.32 Å². The number of aliphatic hydroxyl groups is 1. The Labute approximate surface area is 93.2 Å². The van der Waals surface area contributed by atoms with Crippen LogP contribution >= 0.6 is 0 Å². The summed E-state index contributed by atoms with van der Waals surface area (Å²) >= 11 is 0. The van der Waals surface area contributed by atoms with Crippen LogP contribution in [0.4, 0.5) is 0 Å². The SMILES string of the molecule is CCOC=C1C(O)=C(NC(C)=O)C(=O)N1C. The average Bonchev–Trinajstić information content (AvgIpc) is 2.41. The average molecular weight is 226 g/mol. The van der Waals surface area contributed by atoms with Gasteiger partial charge in [0, 0.05) is 14.0 Å². The van der Waals surface area contributed by atoms with Gasteiger partial charge in [-0.2, -0.15) is 0 Å². The summed E-state index contributed by atoms with van der Waals surface area (Å²) in [5, 5.41) is 12.0. The molecule has 1 aliphatic heterocycles. The molecule has 1 rings (SSSR count). The van der Waals surface area contributed by atoms with E-state index in [-0.39, 0.29) is 17.2 Å². The summed E-state index contributed by atoms with van der Waals surface area (Å²) in [5.74, 6) is -1.17. The van der Waals surface area contributed by atoms with Crippen LogP contribution in [0.2, 0.25) is 0 Å². The fraction of sp³-hybridized carbons (Fsp3) is 0.400. The Balaban J connectivity index is 3.02. The van der Waals surface area contributed by atoms with Gasteiger partial charge in [-0.25, -0.2) is 0 Å². The molecule has 0 aromatic carbocycles. The van der Waals surface area contributed by atoms with Crippen molar-refractivity contribution in [2.24, 2.45) is 0 Å². The van der Waals surface area contributed by atoms with Crippen molar-refractivity contribution in [2.45, 2.75) is 13.8 Å². The van der Waals surface area contributed by atoms with Gasteiger partial charge in [-0.3, -0.25) is 9.59 Å². The molecular formula is C10H14N2O4. The highest BCUT2D eigenvalue weighted by molar-refractivity contribution is 6.02. The largest absolute Gasteiger partial charge is 0.504 e. The van der Waals surface area contributed by atoms with Crippen LogP contribution in [0.15, 0.2) is 23.4 Å². The van der Waals surface area contributed by atoms with Gasteiger partial charge in [0.15, 0.2) is 11.5 Å². The third kappa shape index (κ3) is 2.16. The summed E-state index contributed by atoms with van der Waals surface area (Å²) in [6.07, 6.45) is 1.28. The van der Waals surface area contributed by atoms with Crippen LogP contribution in [0.3, 0.4) is 0 Å². The van der Waals surface area contributed by atoms with Crippen molar-refractivity contribution in [3.05, 3.63) is 23.4 Å². The lowest BCUT2D eigenvalue weighted by atomic mass is 10.3. The van der Waals surface area contributed by atoms with Gasteiger partial charge in [0.25, 0.3) is 5.91 Å². The van der Waals surface area contributed by atoms with Gasteiger partial charge in [0.05, 0.1) is 6.61 Å². The Morgan fingerprint density at radius 2 is 2.25 bits per heavy atom. The minimum atomic E-state index is -0.473. The highest BCUT2D eigenvalue weighted by Crippen LogP contribution is 2.24. The highest BCUT2D eigenvalue weighted by Gasteiger charge is 2.33. The maximum absolute atomic E-state index is 11.6. The van der Waals surface area contributed by atoms with Crippen LogP contribution in [0, 0.1) is 0 Å². The quantitative estimate of drug-likeness (QED) is 0.676. The Bertz CT molecular complexity index is 384. The molecule has 0 atom stereocenters. The first-order valence-electron chi connectivity index (χ1n) is 4.80. The number of nitrogens with zero attached hydrogens (tertiary/aromatic N) is 1. The summed E-state index contributed by atoms with van der Waals surface area (Å²) < 4.78 is 5.00. The van der Waals surface area contributed by atoms with Crippen LogP contribution in [0.5, 0.6) is 0 Å². The molecule has 1 heterocycles. The van der Waals surface area contributed by atoms with Crippen LogP contribution in [0.25, 0.3) is 0 Å². The van der Waals surface area contributed by atoms with Gasteiger partial charge < -0.3 is 20.1 Å². The number of nitrogens with one attached hydrogen (secondary N) is 1. The van der Waals surface area contributed by atoms with Crippen LogP contribution in [-0.4, -0.2) is 35.5 Å². The molecule has 0 aromatic heterocycles. The lowest BCUT2D eigenvalue weighted by Crippen LogP contribution is -2.29. The van der Waals surface area contributed by atoms with Gasteiger partial charge in [-0.1, -0.05) is 0 Å². The number of carbonyl (C=O) groups excluding carboxylic acids is 2. The third-order valence-electron chi connectivity index (χ3n) is 2.02. The first-order chi connectivity index (χ1) is 7.49. The fourth-order valence-corrected chi connectivity index (χ4v) is 1.25. The molecule has 16 heavy (non-hydrogen) atoms. The smallest absolute Gasteiger partial charge is 0.278 e. The minimum Gasteiger partial charge on any atom is -0.504 e. The standard InChI is InChI=1S/C10H14N2O4/c1-4-16-5-7-9(14)8(11-6(2)13)10(15)12(7)3/h5,14H,4H2,1-3H3,(H,11,13). The second-order valence-electron chi connectivity index (χ2n) is 3.23. The minimum absolute atomic E-state index is 0.124. The third-order valence-corrected chi connectivity index (χ3v) is 2.02. The van der Waals surface area contributed by atoms with E-state index < -0.39 is 11.8 Å².